The van der Waals surface area contributed by atoms with Gasteiger partial charge in [0.25, 0.3) is 0 Å². The second-order valence-electron chi connectivity index (χ2n) is 8.63. The van der Waals surface area contributed by atoms with E-state index in [2.05, 4.69) is 20.8 Å². The van der Waals surface area contributed by atoms with E-state index in [0.29, 0.717) is 12.5 Å². The molecule has 2 nitrogen and oxygen atoms in total. The van der Waals surface area contributed by atoms with Crippen LogP contribution >= 0.6 is 0 Å². The van der Waals surface area contributed by atoms with Gasteiger partial charge in [0, 0.05) is 0 Å². The van der Waals surface area contributed by atoms with E-state index in [1.54, 1.807) is 0 Å². The van der Waals surface area contributed by atoms with Crippen molar-refractivity contribution in [2.75, 3.05) is 6.61 Å². The predicted octanol–water partition coefficient (Wildman–Crippen LogP) is 8.47. The van der Waals surface area contributed by atoms with Crippen LogP contribution in [-0.4, -0.2) is 12.6 Å². The van der Waals surface area contributed by atoms with Gasteiger partial charge in [0.15, 0.2) is 0 Å². The average molecular weight is 383 g/mol. The van der Waals surface area contributed by atoms with Crippen molar-refractivity contribution in [1.29, 1.82) is 0 Å². The molecular weight excluding hydrogens is 332 g/mol. The first-order chi connectivity index (χ1) is 13.2. The highest BCUT2D eigenvalue weighted by atomic mass is 16.5. The molecule has 2 unspecified atom stereocenters. The predicted molar refractivity (Wildman–Crippen MR) is 119 cm³/mol. The summed E-state index contributed by atoms with van der Waals surface area (Å²) < 4.78 is 5.64. The number of unbranched alkanes of at least 4 members (excludes halogenated alkanes) is 12. The Morgan fingerprint density at radius 1 is 0.667 bits per heavy atom. The minimum Gasteiger partial charge on any atom is -0.465 e. The van der Waals surface area contributed by atoms with Gasteiger partial charge in [-0.1, -0.05) is 118 Å². The maximum absolute atomic E-state index is 12.0. The largest absolute Gasteiger partial charge is 0.465 e. The molecule has 0 aromatic rings. The number of rotatable bonds is 20. The number of carbonyl (C=O) groups excluding carboxylic acids is 1. The number of ether oxygens (including phenoxy) is 1. The fraction of sp³-hybridized carbons (Fsp3) is 0.960. The van der Waals surface area contributed by atoms with Gasteiger partial charge in [0.1, 0.15) is 0 Å². The van der Waals surface area contributed by atoms with Crippen molar-refractivity contribution in [3.8, 4) is 0 Å². The molecule has 0 N–H and O–H groups in total. The summed E-state index contributed by atoms with van der Waals surface area (Å²) in [6, 6.07) is 0. The third-order valence-electron chi connectivity index (χ3n) is 5.91. The first-order valence-corrected chi connectivity index (χ1v) is 12.3. The summed E-state index contributed by atoms with van der Waals surface area (Å²) in [5.41, 5.74) is 0. The van der Waals surface area contributed by atoms with E-state index < -0.39 is 0 Å². The summed E-state index contributed by atoms with van der Waals surface area (Å²) in [5.74, 6) is 0.619. The Hall–Kier alpha value is -0.530. The number of carbonyl (C=O) groups is 1. The molecule has 2 heteroatoms. The summed E-state index contributed by atoms with van der Waals surface area (Å²) in [7, 11) is 0. The third-order valence-corrected chi connectivity index (χ3v) is 5.91. The molecule has 0 aliphatic rings. The zero-order valence-corrected chi connectivity index (χ0v) is 19.2. The van der Waals surface area contributed by atoms with Crippen molar-refractivity contribution in [2.24, 2.45) is 11.8 Å². The quantitative estimate of drug-likeness (QED) is 0.156. The van der Waals surface area contributed by atoms with E-state index >= 15 is 0 Å². The lowest BCUT2D eigenvalue weighted by molar-refractivity contribution is -0.149. The Bertz CT molecular complexity index is 313. The molecule has 0 aliphatic carbocycles. The lowest BCUT2D eigenvalue weighted by Crippen LogP contribution is -2.19. The Morgan fingerprint density at radius 3 is 1.48 bits per heavy atom. The second-order valence-corrected chi connectivity index (χ2v) is 8.63. The lowest BCUT2D eigenvalue weighted by Gasteiger charge is -2.18. The molecule has 0 bridgehead atoms. The SMILES string of the molecule is CCCCCCCCCCC(CCCCCCCC)COC(=O)C(C)CC. The molecule has 27 heavy (non-hydrogen) atoms. The summed E-state index contributed by atoms with van der Waals surface area (Å²) in [4.78, 5) is 12.0. The van der Waals surface area contributed by atoms with Crippen LogP contribution in [0.3, 0.4) is 0 Å². The van der Waals surface area contributed by atoms with Gasteiger partial charge in [-0.25, -0.2) is 0 Å². The van der Waals surface area contributed by atoms with Crippen molar-refractivity contribution < 1.29 is 9.53 Å². The summed E-state index contributed by atoms with van der Waals surface area (Å²) >= 11 is 0. The molecule has 0 heterocycles. The molecule has 0 aromatic carbocycles. The van der Waals surface area contributed by atoms with E-state index in [-0.39, 0.29) is 11.9 Å². The molecule has 2 atom stereocenters. The zero-order valence-electron chi connectivity index (χ0n) is 19.2. The first kappa shape index (κ1) is 26.5. The maximum atomic E-state index is 12.0. The van der Waals surface area contributed by atoms with Crippen LogP contribution in [0.2, 0.25) is 0 Å². The van der Waals surface area contributed by atoms with Crippen LogP contribution in [0.15, 0.2) is 0 Å². The van der Waals surface area contributed by atoms with Crippen LogP contribution in [0, 0.1) is 11.8 Å². The summed E-state index contributed by atoms with van der Waals surface area (Å²) in [6.07, 6.45) is 22.3. The van der Waals surface area contributed by atoms with E-state index in [1.807, 2.05) is 6.92 Å². The fourth-order valence-electron chi connectivity index (χ4n) is 3.60. The van der Waals surface area contributed by atoms with Gasteiger partial charge in [-0.05, 0) is 25.2 Å². The van der Waals surface area contributed by atoms with E-state index in [1.165, 1.54) is 103 Å². The fourth-order valence-corrected chi connectivity index (χ4v) is 3.60. The molecular formula is C25H50O2. The zero-order chi connectivity index (χ0) is 20.2. The molecule has 0 aliphatic heterocycles. The highest BCUT2D eigenvalue weighted by Crippen LogP contribution is 2.20. The van der Waals surface area contributed by atoms with Crippen LogP contribution in [0.5, 0.6) is 0 Å². The lowest BCUT2D eigenvalue weighted by atomic mass is 9.94. The van der Waals surface area contributed by atoms with Gasteiger partial charge in [0.05, 0.1) is 12.5 Å². The van der Waals surface area contributed by atoms with E-state index in [9.17, 15) is 4.79 Å². The Kier molecular flexibility index (Phi) is 19.8. The molecule has 0 saturated carbocycles. The van der Waals surface area contributed by atoms with Crippen molar-refractivity contribution in [3.05, 3.63) is 0 Å². The molecule has 0 fully saturated rings. The Morgan fingerprint density at radius 2 is 1.07 bits per heavy atom. The standard InChI is InChI=1S/C25H50O2/c1-5-8-10-12-14-15-17-19-21-24(20-18-16-13-11-9-6-2)22-27-25(26)23(4)7-3/h23-24H,5-22H2,1-4H3. The van der Waals surface area contributed by atoms with Crippen LogP contribution in [0.1, 0.15) is 137 Å². The van der Waals surface area contributed by atoms with Gasteiger partial charge < -0.3 is 4.74 Å². The highest BCUT2D eigenvalue weighted by Gasteiger charge is 2.15. The van der Waals surface area contributed by atoms with Gasteiger partial charge in [0.2, 0.25) is 0 Å². The van der Waals surface area contributed by atoms with Gasteiger partial charge in [-0.3, -0.25) is 4.79 Å². The summed E-state index contributed by atoms with van der Waals surface area (Å²) in [5, 5.41) is 0. The van der Waals surface area contributed by atoms with Crippen LogP contribution < -0.4 is 0 Å². The molecule has 0 spiro atoms. The van der Waals surface area contributed by atoms with Gasteiger partial charge in [-0.15, -0.1) is 0 Å². The highest BCUT2D eigenvalue weighted by molar-refractivity contribution is 5.71. The maximum Gasteiger partial charge on any atom is 0.308 e. The van der Waals surface area contributed by atoms with Gasteiger partial charge >= 0.3 is 5.97 Å². The molecule has 0 rings (SSSR count). The smallest absolute Gasteiger partial charge is 0.308 e. The molecule has 162 valence electrons. The minimum atomic E-state index is 0.00127. The molecule has 0 amide bonds. The van der Waals surface area contributed by atoms with Crippen molar-refractivity contribution in [1.82, 2.24) is 0 Å². The van der Waals surface area contributed by atoms with E-state index in [4.69, 9.17) is 4.74 Å². The normalized spacial score (nSPS) is 13.5. The third kappa shape index (κ3) is 17.3. The van der Waals surface area contributed by atoms with Crippen LogP contribution in [0.4, 0.5) is 0 Å². The number of hydrogen-bond acceptors (Lipinski definition) is 2. The second kappa shape index (κ2) is 20.2. The Balaban J connectivity index is 3.98. The van der Waals surface area contributed by atoms with Crippen molar-refractivity contribution in [2.45, 2.75) is 137 Å². The van der Waals surface area contributed by atoms with Crippen molar-refractivity contribution >= 4 is 5.97 Å². The topological polar surface area (TPSA) is 26.3 Å². The summed E-state index contributed by atoms with van der Waals surface area (Å²) in [6.45, 7) is 9.22. The first-order valence-electron chi connectivity index (χ1n) is 12.3. The van der Waals surface area contributed by atoms with Crippen LogP contribution in [0.25, 0.3) is 0 Å². The number of hydrogen-bond donors (Lipinski definition) is 0. The molecule has 0 radical (unpaired) electrons. The van der Waals surface area contributed by atoms with Gasteiger partial charge in [-0.2, -0.15) is 0 Å². The van der Waals surface area contributed by atoms with Crippen molar-refractivity contribution in [3.63, 3.8) is 0 Å². The molecule has 0 saturated heterocycles. The average Bonchev–Trinajstić information content (AvgIpc) is 2.68. The monoisotopic (exact) mass is 382 g/mol. The Labute approximate surface area is 171 Å². The number of esters is 1. The van der Waals surface area contributed by atoms with Crippen LogP contribution in [-0.2, 0) is 9.53 Å². The van der Waals surface area contributed by atoms with E-state index in [0.717, 1.165) is 6.42 Å². The molecule has 0 aromatic heterocycles. The minimum absolute atomic E-state index is 0.00127.